The van der Waals surface area contributed by atoms with Crippen LogP contribution in [0.1, 0.15) is 18.4 Å². The molecular formula is C18H18N2O3S. The van der Waals surface area contributed by atoms with Crippen LogP contribution in [0.4, 0.5) is 5.00 Å². The van der Waals surface area contributed by atoms with E-state index in [1.165, 1.54) is 11.3 Å². The first-order valence-corrected chi connectivity index (χ1v) is 8.66. The first-order valence-electron chi connectivity index (χ1n) is 7.85. The Morgan fingerprint density at radius 3 is 2.96 bits per heavy atom. The SMILES string of the molecule is N#Cc1cc(-c2ccccc2)sc1NC(=O)COC[C@H]1CCCO1. The van der Waals surface area contributed by atoms with Crippen molar-refractivity contribution in [2.75, 3.05) is 25.1 Å². The molecule has 1 atom stereocenters. The van der Waals surface area contributed by atoms with Gasteiger partial charge >= 0.3 is 0 Å². The molecule has 1 aliphatic rings. The number of benzene rings is 1. The molecule has 3 rings (SSSR count). The van der Waals surface area contributed by atoms with E-state index in [4.69, 9.17) is 9.47 Å². The summed E-state index contributed by atoms with van der Waals surface area (Å²) >= 11 is 1.39. The van der Waals surface area contributed by atoms with Crippen molar-refractivity contribution >= 4 is 22.2 Å². The zero-order valence-electron chi connectivity index (χ0n) is 13.2. The summed E-state index contributed by atoms with van der Waals surface area (Å²) in [7, 11) is 0. The normalized spacial score (nSPS) is 16.7. The van der Waals surface area contributed by atoms with Gasteiger partial charge in [-0.05, 0) is 24.5 Å². The highest BCUT2D eigenvalue weighted by Crippen LogP contribution is 2.34. The van der Waals surface area contributed by atoms with Gasteiger partial charge in [0.15, 0.2) is 0 Å². The number of hydrogen-bond acceptors (Lipinski definition) is 5. The predicted molar refractivity (Wildman–Crippen MR) is 92.9 cm³/mol. The van der Waals surface area contributed by atoms with E-state index in [2.05, 4.69) is 11.4 Å². The van der Waals surface area contributed by atoms with Gasteiger partial charge in [0.05, 0.1) is 18.3 Å². The first-order chi connectivity index (χ1) is 11.8. The summed E-state index contributed by atoms with van der Waals surface area (Å²) in [5, 5.41) is 12.6. The van der Waals surface area contributed by atoms with E-state index >= 15 is 0 Å². The topological polar surface area (TPSA) is 71.4 Å². The maximum atomic E-state index is 12.0. The molecule has 2 heterocycles. The van der Waals surface area contributed by atoms with Crippen LogP contribution in [0.2, 0.25) is 0 Å². The second-order valence-electron chi connectivity index (χ2n) is 5.53. The van der Waals surface area contributed by atoms with Gasteiger partial charge in [0.1, 0.15) is 17.7 Å². The third-order valence-electron chi connectivity index (χ3n) is 3.72. The maximum absolute atomic E-state index is 12.0. The van der Waals surface area contributed by atoms with E-state index in [0.29, 0.717) is 17.2 Å². The van der Waals surface area contributed by atoms with Crippen molar-refractivity contribution in [1.29, 1.82) is 5.26 Å². The van der Waals surface area contributed by atoms with E-state index < -0.39 is 0 Å². The lowest BCUT2D eigenvalue weighted by Crippen LogP contribution is -2.22. The number of nitrogens with zero attached hydrogens (tertiary/aromatic N) is 1. The van der Waals surface area contributed by atoms with E-state index in [1.54, 1.807) is 6.07 Å². The monoisotopic (exact) mass is 342 g/mol. The van der Waals surface area contributed by atoms with Crippen LogP contribution in [0.3, 0.4) is 0 Å². The molecule has 0 saturated carbocycles. The molecule has 0 unspecified atom stereocenters. The molecule has 5 nitrogen and oxygen atoms in total. The zero-order valence-corrected chi connectivity index (χ0v) is 14.0. The molecular weight excluding hydrogens is 324 g/mol. The standard InChI is InChI=1S/C18H18N2O3S/c19-10-14-9-16(13-5-2-1-3-6-13)24-18(14)20-17(21)12-22-11-15-7-4-8-23-15/h1-3,5-6,9,15H,4,7-8,11-12H2,(H,20,21)/t15-/m1/s1. The summed E-state index contributed by atoms with van der Waals surface area (Å²) in [4.78, 5) is 13.0. The van der Waals surface area contributed by atoms with Crippen LogP contribution < -0.4 is 5.32 Å². The van der Waals surface area contributed by atoms with Gasteiger partial charge in [-0.25, -0.2) is 0 Å². The highest BCUT2D eigenvalue weighted by molar-refractivity contribution is 7.19. The Kier molecular flexibility index (Phi) is 5.59. The average Bonchev–Trinajstić information content (AvgIpc) is 3.25. The number of rotatable bonds is 6. The molecule has 24 heavy (non-hydrogen) atoms. The Hall–Kier alpha value is -2.20. The Balaban J connectivity index is 1.58. The van der Waals surface area contributed by atoms with Crippen molar-refractivity contribution in [2.24, 2.45) is 0 Å². The van der Waals surface area contributed by atoms with E-state index in [0.717, 1.165) is 29.9 Å². The van der Waals surface area contributed by atoms with Crippen molar-refractivity contribution < 1.29 is 14.3 Å². The number of nitrogens with one attached hydrogen (secondary N) is 1. The van der Waals surface area contributed by atoms with Crippen molar-refractivity contribution in [3.05, 3.63) is 42.0 Å². The third-order valence-corrected chi connectivity index (χ3v) is 4.82. The Bertz CT molecular complexity index is 730. The van der Waals surface area contributed by atoms with Gasteiger partial charge in [-0.2, -0.15) is 5.26 Å². The van der Waals surface area contributed by atoms with Gasteiger partial charge < -0.3 is 14.8 Å². The van der Waals surface area contributed by atoms with Gasteiger partial charge in [-0.3, -0.25) is 4.79 Å². The third kappa shape index (κ3) is 4.20. The fourth-order valence-corrected chi connectivity index (χ4v) is 3.56. The maximum Gasteiger partial charge on any atom is 0.251 e. The molecule has 1 N–H and O–H groups in total. The van der Waals surface area contributed by atoms with Gasteiger partial charge in [0, 0.05) is 11.5 Å². The average molecular weight is 342 g/mol. The summed E-state index contributed by atoms with van der Waals surface area (Å²) < 4.78 is 10.8. The number of nitriles is 1. The Morgan fingerprint density at radius 2 is 2.25 bits per heavy atom. The summed E-state index contributed by atoms with van der Waals surface area (Å²) in [6, 6.07) is 13.7. The summed E-state index contributed by atoms with van der Waals surface area (Å²) in [6.45, 7) is 1.16. The minimum atomic E-state index is -0.258. The molecule has 1 aliphatic heterocycles. The van der Waals surface area contributed by atoms with Crippen molar-refractivity contribution in [3.8, 4) is 16.5 Å². The highest BCUT2D eigenvalue weighted by atomic mass is 32.1. The minimum absolute atomic E-state index is 0.0384. The molecule has 124 valence electrons. The number of hydrogen-bond donors (Lipinski definition) is 1. The first kappa shape index (κ1) is 16.7. The van der Waals surface area contributed by atoms with Crippen molar-refractivity contribution in [2.45, 2.75) is 18.9 Å². The zero-order chi connectivity index (χ0) is 16.8. The fraction of sp³-hybridized carbons (Fsp3) is 0.333. The summed E-state index contributed by atoms with van der Waals surface area (Å²) in [5.74, 6) is -0.258. The fourth-order valence-electron chi connectivity index (χ4n) is 2.53. The van der Waals surface area contributed by atoms with Crippen molar-refractivity contribution in [1.82, 2.24) is 0 Å². The molecule has 1 amide bonds. The van der Waals surface area contributed by atoms with Gasteiger partial charge in [-0.15, -0.1) is 11.3 Å². The lowest BCUT2D eigenvalue weighted by Gasteiger charge is -2.09. The summed E-state index contributed by atoms with van der Waals surface area (Å²) in [5.41, 5.74) is 1.49. The molecule has 1 fully saturated rings. The lowest BCUT2D eigenvalue weighted by atomic mass is 10.2. The summed E-state index contributed by atoms with van der Waals surface area (Å²) in [6.07, 6.45) is 2.12. The van der Waals surface area contributed by atoms with Crippen LogP contribution in [-0.2, 0) is 14.3 Å². The number of ether oxygens (including phenoxy) is 2. The molecule has 0 spiro atoms. The molecule has 0 aliphatic carbocycles. The van der Waals surface area contributed by atoms with Crippen LogP contribution in [0.15, 0.2) is 36.4 Å². The molecule has 6 heteroatoms. The lowest BCUT2D eigenvalue weighted by molar-refractivity contribution is -0.121. The van der Waals surface area contributed by atoms with E-state index in [9.17, 15) is 10.1 Å². The second-order valence-corrected chi connectivity index (χ2v) is 6.58. The number of carbonyl (C=O) groups excluding carboxylic acids is 1. The van der Waals surface area contributed by atoms with Crippen LogP contribution in [0, 0.1) is 11.3 Å². The number of amides is 1. The highest BCUT2D eigenvalue weighted by Gasteiger charge is 2.17. The van der Waals surface area contributed by atoms with Crippen LogP contribution in [0.5, 0.6) is 0 Å². The van der Waals surface area contributed by atoms with Gasteiger partial charge in [0.2, 0.25) is 0 Å². The molecule has 0 radical (unpaired) electrons. The Labute approximate surface area is 144 Å². The molecule has 1 aromatic heterocycles. The predicted octanol–water partition coefficient (Wildman–Crippen LogP) is 3.42. The minimum Gasteiger partial charge on any atom is -0.376 e. The quantitative estimate of drug-likeness (QED) is 0.873. The number of anilines is 1. The van der Waals surface area contributed by atoms with Crippen molar-refractivity contribution in [3.63, 3.8) is 0 Å². The van der Waals surface area contributed by atoms with Crippen LogP contribution in [-0.4, -0.2) is 31.8 Å². The largest absolute Gasteiger partial charge is 0.376 e. The second kappa shape index (κ2) is 8.06. The van der Waals surface area contributed by atoms with E-state index in [-0.39, 0.29) is 18.6 Å². The smallest absolute Gasteiger partial charge is 0.251 e. The Morgan fingerprint density at radius 1 is 1.42 bits per heavy atom. The van der Waals surface area contributed by atoms with Gasteiger partial charge in [0.25, 0.3) is 5.91 Å². The molecule has 1 aromatic carbocycles. The van der Waals surface area contributed by atoms with Crippen LogP contribution in [0.25, 0.3) is 10.4 Å². The van der Waals surface area contributed by atoms with E-state index in [1.807, 2.05) is 30.3 Å². The van der Waals surface area contributed by atoms with Gasteiger partial charge in [-0.1, -0.05) is 30.3 Å². The number of carbonyl (C=O) groups is 1. The number of thiophene rings is 1. The molecule has 1 saturated heterocycles. The van der Waals surface area contributed by atoms with Crippen LogP contribution >= 0.6 is 11.3 Å². The molecule has 2 aromatic rings. The molecule has 0 bridgehead atoms.